The number of aliphatic hydroxyl groups excluding tert-OH is 3. The minimum atomic E-state index is -2.64. The van der Waals surface area contributed by atoms with E-state index in [0.29, 0.717) is 17.1 Å². The van der Waals surface area contributed by atoms with Gasteiger partial charge >= 0.3 is 0 Å². The molecule has 0 spiro atoms. The summed E-state index contributed by atoms with van der Waals surface area (Å²) in [6.45, 7) is 2.46. The molecule has 5 atom stereocenters. The molecule has 2 aliphatic rings. The van der Waals surface area contributed by atoms with Crippen molar-refractivity contribution >= 4 is 36.7 Å². The number of hydrogen-bond acceptors (Lipinski definition) is 10. The van der Waals surface area contributed by atoms with Crippen molar-refractivity contribution in [1.82, 2.24) is 14.8 Å². The Hall–Kier alpha value is -1.14. The summed E-state index contributed by atoms with van der Waals surface area (Å²) in [5.41, 5.74) is 1.19. The molecule has 1 aliphatic heterocycles. The Kier molecular flexibility index (Phi) is 7.98. The Bertz CT molecular complexity index is 979. The van der Waals surface area contributed by atoms with Crippen LogP contribution in [0.1, 0.15) is 45.8 Å². The predicted octanol–water partition coefficient (Wildman–Crippen LogP) is 1.72. The van der Waals surface area contributed by atoms with Crippen LogP contribution in [0.2, 0.25) is 5.15 Å². The van der Waals surface area contributed by atoms with Crippen molar-refractivity contribution in [1.29, 1.82) is 0 Å². The quantitative estimate of drug-likeness (QED) is 0.213. The van der Waals surface area contributed by atoms with Gasteiger partial charge in [-0.15, -0.1) is 0 Å². The van der Waals surface area contributed by atoms with E-state index < -0.39 is 50.8 Å². The van der Waals surface area contributed by atoms with E-state index in [2.05, 4.69) is 15.4 Å². The Morgan fingerprint density at radius 2 is 2.00 bits per heavy atom. The second-order valence-corrected chi connectivity index (χ2v) is 11.0. The summed E-state index contributed by atoms with van der Waals surface area (Å²) in [6.07, 6.45) is 1.34. The van der Waals surface area contributed by atoms with Crippen LogP contribution >= 0.6 is 20.0 Å². The zero-order valence-corrected chi connectivity index (χ0v) is 20.7. The highest BCUT2D eigenvalue weighted by Gasteiger charge is 2.48. The van der Waals surface area contributed by atoms with E-state index in [4.69, 9.17) is 21.1 Å². The number of halogens is 1. The van der Waals surface area contributed by atoms with E-state index in [1.807, 2.05) is 0 Å². The molecule has 11 nitrogen and oxygen atoms in total. The molecule has 2 aromatic heterocycles. The molecule has 0 bridgehead atoms. The van der Waals surface area contributed by atoms with Crippen LogP contribution in [0.3, 0.4) is 0 Å². The number of fused-ring (bicyclic) bond motifs is 1. The minimum Gasteiger partial charge on any atom is -0.393 e. The number of rotatable bonds is 9. The molecule has 2 aromatic rings. The molecule has 34 heavy (non-hydrogen) atoms. The topological polar surface area (TPSA) is 162 Å². The average Bonchev–Trinajstić information content (AvgIpc) is 3.50. The molecule has 1 saturated carbocycles. The summed E-state index contributed by atoms with van der Waals surface area (Å²) in [5, 5.41) is 38.3. The molecule has 3 heterocycles. The van der Waals surface area contributed by atoms with Crippen LogP contribution in [0.25, 0.3) is 11.0 Å². The molecular formula is C21H32ClN4O7P. The third-order valence-corrected chi connectivity index (χ3v) is 8.45. The fourth-order valence-corrected chi connectivity index (χ4v) is 5.59. The molecule has 1 unspecified atom stereocenters. The van der Waals surface area contributed by atoms with Crippen LogP contribution < -0.4 is 5.32 Å². The van der Waals surface area contributed by atoms with Crippen LogP contribution in [-0.2, 0) is 9.47 Å². The van der Waals surface area contributed by atoms with Gasteiger partial charge in [0.15, 0.2) is 17.2 Å². The monoisotopic (exact) mass is 518 g/mol. The van der Waals surface area contributed by atoms with Gasteiger partial charge in [-0.1, -0.05) is 38.3 Å². The SMILES string of the molecule is CC(C)C(CO)(OC[C@H]1O[C@@H](n2ncc3c(NC4CCCC4)cc(Cl)nc32)[C@H](O)[C@@H]1O)P(O)O. The highest BCUT2D eigenvalue weighted by molar-refractivity contribution is 7.46. The van der Waals surface area contributed by atoms with E-state index in [9.17, 15) is 25.1 Å². The molecule has 4 rings (SSSR count). The molecule has 0 radical (unpaired) electrons. The highest BCUT2D eigenvalue weighted by atomic mass is 35.5. The number of anilines is 1. The van der Waals surface area contributed by atoms with Gasteiger partial charge in [0.1, 0.15) is 23.5 Å². The lowest BCUT2D eigenvalue weighted by Gasteiger charge is -2.37. The van der Waals surface area contributed by atoms with E-state index in [1.165, 1.54) is 17.5 Å². The molecule has 6 N–H and O–H groups in total. The van der Waals surface area contributed by atoms with Crippen molar-refractivity contribution in [3.05, 3.63) is 17.4 Å². The number of nitrogens with zero attached hydrogens (tertiary/aromatic N) is 3. The van der Waals surface area contributed by atoms with Gasteiger partial charge < -0.3 is 39.9 Å². The van der Waals surface area contributed by atoms with Gasteiger partial charge in [0.25, 0.3) is 0 Å². The van der Waals surface area contributed by atoms with Gasteiger partial charge in [-0.2, -0.15) is 5.10 Å². The third kappa shape index (κ3) is 4.78. The van der Waals surface area contributed by atoms with Crippen LogP contribution in [0.4, 0.5) is 5.69 Å². The second-order valence-electron chi connectivity index (χ2n) is 9.25. The van der Waals surface area contributed by atoms with Crippen LogP contribution in [-0.4, -0.2) is 82.8 Å². The maximum absolute atomic E-state index is 10.7. The Morgan fingerprint density at radius 1 is 1.29 bits per heavy atom. The number of hydrogen-bond donors (Lipinski definition) is 6. The van der Waals surface area contributed by atoms with Gasteiger partial charge in [0.05, 0.1) is 30.5 Å². The summed E-state index contributed by atoms with van der Waals surface area (Å²) < 4.78 is 12.9. The third-order valence-electron chi connectivity index (χ3n) is 6.79. The van der Waals surface area contributed by atoms with E-state index in [0.717, 1.165) is 18.5 Å². The highest BCUT2D eigenvalue weighted by Crippen LogP contribution is 2.48. The smallest absolute Gasteiger partial charge is 0.202 e. The van der Waals surface area contributed by atoms with E-state index in [1.54, 1.807) is 26.1 Å². The first-order chi connectivity index (χ1) is 16.2. The largest absolute Gasteiger partial charge is 0.393 e. The minimum absolute atomic E-state index is 0.256. The maximum atomic E-state index is 10.7. The first-order valence-electron chi connectivity index (χ1n) is 11.4. The number of pyridine rings is 1. The molecule has 1 aliphatic carbocycles. The zero-order valence-electron chi connectivity index (χ0n) is 19.1. The lowest BCUT2D eigenvalue weighted by Crippen LogP contribution is -2.44. The van der Waals surface area contributed by atoms with Gasteiger partial charge in [-0.3, -0.25) is 0 Å². The second kappa shape index (κ2) is 10.5. The summed E-state index contributed by atoms with van der Waals surface area (Å²) in [5.74, 6) is -0.426. The van der Waals surface area contributed by atoms with Crippen molar-refractivity contribution in [3.63, 3.8) is 0 Å². The Morgan fingerprint density at radius 3 is 2.62 bits per heavy atom. The Labute approximate surface area is 203 Å². The molecule has 190 valence electrons. The fourth-order valence-electron chi connectivity index (χ4n) is 4.63. The van der Waals surface area contributed by atoms with Gasteiger partial charge in [-0.25, -0.2) is 9.67 Å². The number of aliphatic hydroxyl groups is 3. The van der Waals surface area contributed by atoms with Crippen LogP contribution in [0, 0.1) is 5.92 Å². The van der Waals surface area contributed by atoms with Gasteiger partial charge in [0.2, 0.25) is 8.38 Å². The number of nitrogens with one attached hydrogen (secondary N) is 1. The van der Waals surface area contributed by atoms with Crippen LogP contribution in [0.5, 0.6) is 0 Å². The van der Waals surface area contributed by atoms with Crippen molar-refractivity contribution in [3.8, 4) is 0 Å². The summed E-state index contributed by atoms with van der Waals surface area (Å²) in [6, 6.07) is 2.09. The predicted molar refractivity (Wildman–Crippen MR) is 126 cm³/mol. The molecule has 1 saturated heterocycles. The van der Waals surface area contributed by atoms with E-state index >= 15 is 0 Å². The van der Waals surface area contributed by atoms with Crippen molar-refractivity contribution in [2.75, 3.05) is 18.5 Å². The standard InChI is InChI=1S/C21H32ClN4O7P/c1-11(2)21(10-27,34(30)31)32-9-15-17(28)18(29)20(33-15)26-19-13(8-23-26)14(7-16(22)25-19)24-12-5-3-4-6-12/h7-8,11-12,15,17-18,20,27-31H,3-6,9-10H2,1-2H3,(H,24,25)/t15-,17-,18-,20-,21?/m1/s1. The first kappa shape index (κ1) is 25.9. The molecule has 0 aromatic carbocycles. The zero-order chi connectivity index (χ0) is 24.6. The lowest BCUT2D eigenvalue weighted by molar-refractivity contribution is -0.119. The first-order valence-corrected chi connectivity index (χ1v) is 13.0. The molecule has 13 heteroatoms. The summed E-state index contributed by atoms with van der Waals surface area (Å²) >= 11 is 6.28. The molecule has 2 fully saturated rings. The summed E-state index contributed by atoms with van der Waals surface area (Å²) in [4.78, 5) is 24.1. The Balaban J connectivity index is 1.55. The van der Waals surface area contributed by atoms with E-state index in [-0.39, 0.29) is 11.8 Å². The molecular weight excluding hydrogens is 487 g/mol. The molecule has 0 amide bonds. The van der Waals surface area contributed by atoms with Crippen molar-refractivity contribution < 1.29 is 34.6 Å². The summed E-state index contributed by atoms with van der Waals surface area (Å²) in [7, 11) is -2.64. The maximum Gasteiger partial charge on any atom is 0.202 e. The van der Waals surface area contributed by atoms with Crippen molar-refractivity contribution in [2.45, 2.75) is 75.5 Å². The lowest BCUT2D eigenvalue weighted by atomic mass is 10.1. The van der Waals surface area contributed by atoms with Crippen LogP contribution in [0.15, 0.2) is 12.3 Å². The van der Waals surface area contributed by atoms with Gasteiger partial charge in [-0.05, 0) is 24.8 Å². The van der Waals surface area contributed by atoms with Gasteiger partial charge in [0, 0.05) is 6.04 Å². The normalized spacial score (nSPS) is 27.8. The average molecular weight is 519 g/mol. The number of aromatic nitrogens is 3. The fraction of sp³-hybridized carbons (Fsp3) is 0.714. The van der Waals surface area contributed by atoms with Crippen molar-refractivity contribution in [2.24, 2.45) is 5.92 Å². The number of ether oxygens (including phenoxy) is 2.